The SMILES string of the molecule is CC(=O)c1nn2c3c(cc(-c4cnc(C)nc4)cc13)CC/C=C\CCCC(=O)NC[C@@]13C[C@@H](C(=O)Nc4nc(Br)ccc4C)N(C(=O)C2)[C@@H]1C3. The van der Waals surface area contributed by atoms with Crippen LogP contribution < -0.4 is 10.6 Å². The summed E-state index contributed by atoms with van der Waals surface area (Å²) in [4.78, 5) is 69.1. The van der Waals surface area contributed by atoms with Gasteiger partial charge in [0.1, 0.15) is 34.5 Å². The van der Waals surface area contributed by atoms with E-state index in [9.17, 15) is 19.2 Å². The molecule has 258 valence electrons. The molecule has 1 aromatic carbocycles. The highest BCUT2D eigenvalue weighted by molar-refractivity contribution is 9.10. The first-order valence-corrected chi connectivity index (χ1v) is 17.8. The fourth-order valence-corrected chi connectivity index (χ4v) is 7.71. The van der Waals surface area contributed by atoms with Crippen molar-refractivity contribution in [3.05, 3.63) is 76.1 Å². The number of aromatic nitrogens is 5. The number of anilines is 1. The van der Waals surface area contributed by atoms with Crippen molar-refractivity contribution in [3.8, 4) is 11.1 Å². The number of nitrogens with one attached hydrogen (secondary N) is 2. The maximum absolute atomic E-state index is 14.5. The highest BCUT2D eigenvalue weighted by Gasteiger charge is 2.67. The minimum Gasteiger partial charge on any atom is -0.355 e. The number of carbonyl (C=O) groups is 4. The Bertz CT molecular complexity index is 2060. The van der Waals surface area contributed by atoms with Gasteiger partial charge in [-0.2, -0.15) is 5.10 Å². The molecule has 0 spiro atoms. The molecule has 1 saturated heterocycles. The Labute approximate surface area is 298 Å². The van der Waals surface area contributed by atoms with Gasteiger partial charge in [0.25, 0.3) is 0 Å². The van der Waals surface area contributed by atoms with E-state index in [1.807, 2.05) is 26.0 Å². The summed E-state index contributed by atoms with van der Waals surface area (Å²) in [6.07, 6.45) is 12.1. The summed E-state index contributed by atoms with van der Waals surface area (Å²) in [6, 6.07) is 6.65. The first-order valence-electron chi connectivity index (χ1n) is 17.0. The van der Waals surface area contributed by atoms with Crippen molar-refractivity contribution in [2.75, 3.05) is 11.9 Å². The van der Waals surface area contributed by atoms with Gasteiger partial charge in [-0.1, -0.05) is 18.2 Å². The van der Waals surface area contributed by atoms with Gasteiger partial charge in [0.05, 0.1) is 5.52 Å². The smallest absolute Gasteiger partial charge is 0.248 e. The molecule has 0 unspecified atom stereocenters. The number of aryl methyl sites for hydroxylation is 3. The third-order valence-corrected chi connectivity index (χ3v) is 10.6. The molecule has 7 rings (SSSR count). The lowest BCUT2D eigenvalue weighted by Crippen LogP contribution is -2.47. The van der Waals surface area contributed by atoms with Gasteiger partial charge in [0.15, 0.2) is 5.78 Å². The van der Waals surface area contributed by atoms with Crippen molar-refractivity contribution in [2.45, 2.75) is 84.3 Å². The average molecular weight is 740 g/mol. The van der Waals surface area contributed by atoms with E-state index in [4.69, 9.17) is 5.10 Å². The molecule has 3 amide bonds. The number of nitrogens with zero attached hydrogens (tertiary/aromatic N) is 6. The Balaban J connectivity index is 1.29. The molecule has 2 fully saturated rings. The average Bonchev–Trinajstić information content (AvgIpc) is 3.50. The van der Waals surface area contributed by atoms with Crippen LogP contribution in [0.25, 0.3) is 22.0 Å². The van der Waals surface area contributed by atoms with Crippen molar-refractivity contribution < 1.29 is 19.2 Å². The van der Waals surface area contributed by atoms with Crippen LogP contribution in [0.5, 0.6) is 0 Å². The molecule has 2 aliphatic heterocycles. The van der Waals surface area contributed by atoms with Gasteiger partial charge in [-0.15, -0.1) is 0 Å². The summed E-state index contributed by atoms with van der Waals surface area (Å²) < 4.78 is 2.21. The minimum absolute atomic E-state index is 0.0310. The molecule has 3 aromatic heterocycles. The van der Waals surface area contributed by atoms with Crippen LogP contribution in [-0.2, 0) is 27.3 Å². The summed E-state index contributed by atoms with van der Waals surface area (Å²) in [5.41, 5.74) is 3.99. The molecule has 5 heterocycles. The minimum atomic E-state index is -0.772. The van der Waals surface area contributed by atoms with E-state index < -0.39 is 11.5 Å². The van der Waals surface area contributed by atoms with Gasteiger partial charge in [0, 0.05) is 54.7 Å². The van der Waals surface area contributed by atoms with Gasteiger partial charge in [0.2, 0.25) is 17.7 Å². The van der Waals surface area contributed by atoms with Gasteiger partial charge in [-0.25, -0.2) is 15.0 Å². The van der Waals surface area contributed by atoms with Gasteiger partial charge in [-0.05, 0) is 103 Å². The Morgan fingerprint density at radius 1 is 1.02 bits per heavy atom. The summed E-state index contributed by atoms with van der Waals surface area (Å²) in [5, 5.41) is 11.4. The molecule has 13 heteroatoms. The number of benzene rings is 1. The number of hydrogen-bond donors (Lipinski definition) is 2. The lowest BCUT2D eigenvalue weighted by atomic mass is 9.97. The third kappa shape index (κ3) is 6.58. The van der Waals surface area contributed by atoms with Crippen molar-refractivity contribution in [2.24, 2.45) is 5.41 Å². The second kappa shape index (κ2) is 13.5. The third-order valence-electron chi connectivity index (χ3n) is 10.1. The zero-order valence-corrected chi connectivity index (χ0v) is 29.9. The van der Waals surface area contributed by atoms with Gasteiger partial charge < -0.3 is 15.5 Å². The number of Topliss-reactive ketones (excluding diaryl/α,β-unsaturated/α-hetero) is 1. The lowest BCUT2D eigenvalue weighted by molar-refractivity contribution is -0.138. The number of piperidine rings is 1. The normalized spacial score (nSPS) is 23.1. The van der Waals surface area contributed by atoms with Crippen LogP contribution in [0.1, 0.15) is 72.9 Å². The van der Waals surface area contributed by atoms with Crippen LogP contribution in [0, 0.1) is 19.3 Å². The number of amides is 3. The zero-order valence-electron chi connectivity index (χ0n) is 28.3. The van der Waals surface area contributed by atoms with Gasteiger partial charge in [-0.3, -0.25) is 23.9 Å². The van der Waals surface area contributed by atoms with Crippen molar-refractivity contribution in [1.29, 1.82) is 0 Å². The number of hydrogen-bond acceptors (Lipinski definition) is 8. The molecular weight excluding hydrogens is 700 g/mol. The fraction of sp³-hybridized carbons (Fsp3) is 0.405. The Kier molecular flexibility index (Phi) is 9.10. The van der Waals surface area contributed by atoms with Crippen LogP contribution in [0.4, 0.5) is 5.82 Å². The molecule has 50 heavy (non-hydrogen) atoms. The Morgan fingerprint density at radius 3 is 2.58 bits per heavy atom. The van der Waals surface area contributed by atoms with Crippen LogP contribution in [-0.4, -0.2) is 71.8 Å². The van der Waals surface area contributed by atoms with Gasteiger partial charge >= 0.3 is 0 Å². The van der Waals surface area contributed by atoms with E-state index in [1.54, 1.807) is 28.0 Å². The van der Waals surface area contributed by atoms with Crippen LogP contribution in [0.3, 0.4) is 0 Å². The summed E-state index contributed by atoms with van der Waals surface area (Å²) in [6.45, 7) is 5.40. The summed E-state index contributed by atoms with van der Waals surface area (Å²) >= 11 is 3.38. The predicted molar refractivity (Wildman–Crippen MR) is 191 cm³/mol. The first-order chi connectivity index (χ1) is 24.0. The molecular formula is C37H39BrN8O4. The number of pyridine rings is 1. The fourth-order valence-electron chi connectivity index (χ4n) is 7.41. The molecule has 3 atom stereocenters. The summed E-state index contributed by atoms with van der Waals surface area (Å²) in [7, 11) is 0. The van der Waals surface area contributed by atoms with Crippen LogP contribution >= 0.6 is 15.9 Å². The molecule has 3 aliphatic rings. The van der Waals surface area contributed by atoms with E-state index in [-0.39, 0.29) is 41.8 Å². The molecule has 1 saturated carbocycles. The number of allylic oxidation sites excluding steroid dienone is 2. The van der Waals surface area contributed by atoms with Crippen LogP contribution in [0.15, 0.2) is 53.4 Å². The number of ketones is 1. The predicted octanol–water partition coefficient (Wildman–Crippen LogP) is 5.26. The Morgan fingerprint density at radius 2 is 1.80 bits per heavy atom. The first kappa shape index (κ1) is 33.7. The second-order valence-corrected chi connectivity index (χ2v) is 14.5. The van der Waals surface area contributed by atoms with E-state index in [0.29, 0.717) is 60.3 Å². The molecule has 0 radical (unpaired) electrons. The maximum Gasteiger partial charge on any atom is 0.248 e. The van der Waals surface area contributed by atoms with Crippen LogP contribution in [0.2, 0.25) is 0 Å². The van der Waals surface area contributed by atoms with E-state index >= 15 is 0 Å². The quantitative estimate of drug-likeness (QED) is 0.164. The molecule has 2 bridgehead atoms. The highest BCUT2D eigenvalue weighted by Crippen LogP contribution is 2.59. The van der Waals surface area contributed by atoms with Crippen molar-refractivity contribution >= 4 is 56.2 Å². The topological polar surface area (TPSA) is 152 Å². The highest BCUT2D eigenvalue weighted by atomic mass is 79.9. The molecule has 12 nitrogen and oxygen atoms in total. The number of carbonyl (C=O) groups excluding carboxylic acids is 4. The molecule has 1 aliphatic carbocycles. The monoisotopic (exact) mass is 738 g/mol. The largest absolute Gasteiger partial charge is 0.355 e. The zero-order chi connectivity index (χ0) is 35.2. The van der Waals surface area contributed by atoms with E-state index in [2.05, 4.69) is 59.7 Å². The number of halogens is 1. The Hall–Kier alpha value is -4.78. The van der Waals surface area contributed by atoms with Crippen molar-refractivity contribution in [1.82, 2.24) is 34.9 Å². The summed E-state index contributed by atoms with van der Waals surface area (Å²) in [5.74, 6) is 0.225. The maximum atomic E-state index is 14.5. The standard InChI is InChI=1S/C37H39BrN8O4/c1-21-11-12-30(38)42-35(21)43-36(50)28-15-37-16-29(37)46(28)32(49)19-45-34-24(9-7-5-4-6-8-10-31(48)41-20-37)13-25(26-17-39-23(3)40-18-26)14-27(34)33(44-45)22(2)47/h4-5,11-14,17-18,28-29H,6-10,15-16,19-20H2,1-3H3,(H,41,48)(H,42,43,50)/b5-4-/t28-,29+,37-/m0/s1. The van der Waals surface area contributed by atoms with Crippen molar-refractivity contribution in [3.63, 3.8) is 0 Å². The molecule has 2 N–H and O–H groups in total. The molecule has 4 aromatic rings. The van der Waals surface area contributed by atoms with E-state index in [0.717, 1.165) is 40.6 Å². The number of rotatable bonds is 4. The second-order valence-electron chi connectivity index (χ2n) is 13.7. The lowest BCUT2D eigenvalue weighted by Gasteiger charge is -2.27. The van der Waals surface area contributed by atoms with E-state index in [1.165, 1.54) is 6.92 Å².